The van der Waals surface area contributed by atoms with Gasteiger partial charge in [-0.2, -0.15) is 18.3 Å². The van der Waals surface area contributed by atoms with E-state index in [1.54, 1.807) is 36.4 Å². The minimum atomic E-state index is -4.65. The normalized spacial score (nSPS) is 13.0. The number of hydrogen-bond donors (Lipinski definition) is 1. The van der Waals surface area contributed by atoms with Gasteiger partial charge in [0.25, 0.3) is 5.91 Å². The minimum absolute atomic E-state index is 0.0237. The molecule has 9 heteroatoms. The molecule has 0 unspecified atom stereocenters. The lowest BCUT2D eigenvalue weighted by atomic mass is 9.88. The summed E-state index contributed by atoms with van der Waals surface area (Å²) in [5, 5.41) is 7.21. The number of nitrogens with zero attached hydrogens (tertiary/aromatic N) is 3. The second kappa shape index (κ2) is 7.63. The molecule has 0 radical (unpaired) electrons. The Morgan fingerprint density at radius 3 is 2.59 bits per heavy atom. The average molecular weight is 457 g/mol. The zero-order valence-corrected chi connectivity index (χ0v) is 17.3. The first kappa shape index (κ1) is 20.5. The summed E-state index contributed by atoms with van der Waals surface area (Å²) < 4.78 is 43.0. The second-order valence-electron chi connectivity index (χ2n) is 7.55. The van der Waals surface area contributed by atoms with Crippen molar-refractivity contribution in [1.29, 1.82) is 0 Å². The second-order valence-corrected chi connectivity index (χ2v) is 7.99. The molecule has 0 aliphatic heterocycles. The Morgan fingerprint density at radius 1 is 1.09 bits per heavy atom. The highest BCUT2D eigenvalue weighted by molar-refractivity contribution is 6.30. The van der Waals surface area contributed by atoms with Gasteiger partial charge in [0.1, 0.15) is 0 Å². The van der Waals surface area contributed by atoms with Crippen LogP contribution in [0.4, 0.5) is 13.2 Å². The van der Waals surface area contributed by atoms with E-state index in [1.807, 2.05) is 12.1 Å². The molecular weight excluding hydrogens is 441 g/mol. The van der Waals surface area contributed by atoms with E-state index in [2.05, 4.69) is 15.4 Å². The van der Waals surface area contributed by atoms with Crippen LogP contribution in [0, 0.1) is 0 Å². The number of rotatable bonds is 3. The van der Waals surface area contributed by atoms with Gasteiger partial charge in [-0.15, -0.1) is 0 Å². The van der Waals surface area contributed by atoms with Crippen molar-refractivity contribution in [2.75, 3.05) is 0 Å². The summed E-state index contributed by atoms with van der Waals surface area (Å²) in [7, 11) is 0. The van der Waals surface area contributed by atoms with Crippen molar-refractivity contribution in [2.24, 2.45) is 0 Å². The molecule has 1 aliphatic carbocycles. The quantitative estimate of drug-likeness (QED) is 0.467. The molecule has 4 aromatic rings. The Morgan fingerprint density at radius 2 is 1.84 bits per heavy atom. The van der Waals surface area contributed by atoms with Gasteiger partial charge >= 0.3 is 6.18 Å². The van der Waals surface area contributed by atoms with Crippen LogP contribution in [0.15, 0.2) is 54.6 Å². The fourth-order valence-electron chi connectivity index (χ4n) is 4.00. The monoisotopic (exact) mass is 456 g/mol. The van der Waals surface area contributed by atoms with Crippen LogP contribution in [0.5, 0.6) is 0 Å². The topological polar surface area (TPSA) is 59.3 Å². The van der Waals surface area contributed by atoms with Gasteiger partial charge in [-0.05, 0) is 36.1 Å². The van der Waals surface area contributed by atoms with Crippen LogP contribution in [0.3, 0.4) is 0 Å². The lowest BCUT2D eigenvalue weighted by Gasteiger charge is -2.23. The van der Waals surface area contributed by atoms with Gasteiger partial charge in [0.2, 0.25) is 0 Å². The van der Waals surface area contributed by atoms with Gasteiger partial charge in [-0.1, -0.05) is 48.0 Å². The fourth-order valence-corrected chi connectivity index (χ4v) is 4.13. The van der Waals surface area contributed by atoms with Gasteiger partial charge in [0.05, 0.1) is 5.69 Å². The van der Waals surface area contributed by atoms with Gasteiger partial charge in [0.15, 0.2) is 17.0 Å². The largest absolute Gasteiger partial charge is 0.433 e. The van der Waals surface area contributed by atoms with E-state index in [4.69, 9.17) is 11.6 Å². The van der Waals surface area contributed by atoms with Gasteiger partial charge in [-0.3, -0.25) is 4.79 Å². The van der Waals surface area contributed by atoms with Crippen molar-refractivity contribution < 1.29 is 18.0 Å². The van der Waals surface area contributed by atoms with Crippen molar-refractivity contribution in [3.05, 3.63) is 87.7 Å². The number of halogens is 4. The van der Waals surface area contributed by atoms with Crippen LogP contribution in [0.2, 0.25) is 5.02 Å². The number of aromatic nitrogens is 3. The van der Waals surface area contributed by atoms with Crippen LogP contribution in [-0.2, 0) is 25.6 Å². The molecule has 2 aromatic heterocycles. The SMILES string of the molecule is O=C(NCc1ccc(Cl)cc1)c1cc2nc3c(c(C(F)(F)F)n2n1)CCc1ccccc1-3. The number of amides is 1. The summed E-state index contributed by atoms with van der Waals surface area (Å²) in [5.41, 5.74) is 1.77. The van der Waals surface area contributed by atoms with E-state index in [1.165, 1.54) is 6.07 Å². The lowest BCUT2D eigenvalue weighted by molar-refractivity contribution is -0.143. The van der Waals surface area contributed by atoms with Crippen LogP contribution < -0.4 is 5.32 Å². The molecule has 0 spiro atoms. The van der Waals surface area contributed by atoms with Crippen LogP contribution in [0.1, 0.15) is 32.9 Å². The van der Waals surface area contributed by atoms with E-state index in [-0.39, 0.29) is 29.9 Å². The number of benzene rings is 2. The highest BCUT2D eigenvalue weighted by Gasteiger charge is 2.40. The Kier molecular flexibility index (Phi) is 4.89. The molecule has 162 valence electrons. The lowest BCUT2D eigenvalue weighted by Crippen LogP contribution is -2.24. The maximum atomic E-state index is 14.1. The molecule has 2 heterocycles. The Bertz CT molecular complexity index is 1350. The number of carbonyl (C=O) groups is 1. The van der Waals surface area contributed by atoms with Crippen molar-refractivity contribution in [3.63, 3.8) is 0 Å². The standard InChI is InChI=1S/C23H16ClF3N4O/c24-15-8-5-13(6-9-15)12-28-22(32)18-11-19-29-20-16-4-2-1-3-14(16)7-10-17(20)21(23(25,26)27)31(19)30-18/h1-6,8-9,11H,7,10,12H2,(H,28,32). The highest BCUT2D eigenvalue weighted by atomic mass is 35.5. The summed E-state index contributed by atoms with van der Waals surface area (Å²) in [6, 6.07) is 15.5. The molecule has 0 saturated carbocycles. The maximum absolute atomic E-state index is 14.1. The Labute approximate surface area is 185 Å². The number of aryl methyl sites for hydroxylation is 1. The average Bonchev–Trinajstić information content (AvgIpc) is 3.19. The fraction of sp³-hybridized carbons (Fsp3) is 0.174. The third-order valence-corrected chi connectivity index (χ3v) is 5.74. The Balaban J connectivity index is 1.56. The van der Waals surface area contributed by atoms with Crippen molar-refractivity contribution >= 4 is 23.2 Å². The summed E-state index contributed by atoms with van der Waals surface area (Å²) >= 11 is 5.85. The zero-order chi connectivity index (χ0) is 22.5. The number of carbonyl (C=O) groups excluding carboxylic acids is 1. The van der Waals surface area contributed by atoms with Crippen LogP contribution >= 0.6 is 11.6 Å². The molecule has 2 aromatic carbocycles. The number of nitrogens with one attached hydrogen (secondary N) is 1. The van der Waals surface area contributed by atoms with Gasteiger partial charge < -0.3 is 5.32 Å². The third kappa shape index (κ3) is 3.60. The number of fused-ring (bicyclic) bond motifs is 4. The summed E-state index contributed by atoms with van der Waals surface area (Å²) in [6.45, 7) is 0.188. The molecule has 0 atom stereocenters. The number of alkyl halides is 3. The van der Waals surface area contributed by atoms with Crippen molar-refractivity contribution in [1.82, 2.24) is 19.9 Å². The molecular formula is C23H16ClF3N4O. The van der Waals surface area contributed by atoms with Crippen LogP contribution in [0.25, 0.3) is 16.9 Å². The molecule has 5 rings (SSSR count). The van der Waals surface area contributed by atoms with E-state index < -0.39 is 17.8 Å². The minimum Gasteiger partial charge on any atom is -0.347 e. The van der Waals surface area contributed by atoms with Gasteiger partial charge in [-0.25, -0.2) is 9.50 Å². The molecule has 0 saturated heterocycles. The zero-order valence-electron chi connectivity index (χ0n) is 16.6. The molecule has 0 fully saturated rings. The highest BCUT2D eigenvalue weighted by Crippen LogP contribution is 2.40. The predicted octanol–water partition coefficient (Wildman–Crippen LogP) is 5.10. The van der Waals surface area contributed by atoms with Crippen LogP contribution in [-0.4, -0.2) is 20.5 Å². The Hall–Kier alpha value is -3.39. The van der Waals surface area contributed by atoms with Crippen molar-refractivity contribution in [3.8, 4) is 11.3 Å². The molecule has 0 bridgehead atoms. The first-order valence-corrected chi connectivity index (χ1v) is 10.3. The predicted molar refractivity (Wildman–Crippen MR) is 113 cm³/mol. The van der Waals surface area contributed by atoms with E-state index in [0.717, 1.165) is 15.6 Å². The number of hydrogen-bond acceptors (Lipinski definition) is 3. The summed E-state index contributed by atoms with van der Waals surface area (Å²) in [4.78, 5) is 17.1. The van der Waals surface area contributed by atoms with E-state index in [0.29, 0.717) is 22.7 Å². The molecule has 32 heavy (non-hydrogen) atoms. The van der Waals surface area contributed by atoms with Gasteiger partial charge in [0, 0.05) is 28.8 Å². The third-order valence-electron chi connectivity index (χ3n) is 5.48. The molecule has 1 N–H and O–H groups in total. The summed E-state index contributed by atoms with van der Waals surface area (Å²) in [5.74, 6) is -0.586. The first-order chi connectivity index (χ1) is 15.3. The molecule has 5 nitrogen and oxygen atoms in total. The van der Waals surface area contributed by atoms with E-state index >= 15 is 0 Å². The van der Waals surface area contributed by atoms with E-state index in [9.17, 15) is 18.0 Å². The molecule has 1 aliphatic rings. The smallest absolute Gasteiger partial charge is 0.347 e. The maximum Gasteiger partial charge on any atom is 0.433 e. The molecule has 1 amide bonds. The van der Waals surface area contributed by atoms with Crippen molar-refractivity contribution in [2.45, 2.75) is 25.6 Å². The first-order valence-electron chi connectivity index (χ1n) is 9.92. The summed E-state index contributed by atoms with van der Waals surface area (Å²) in [6.07, 6.45) is -3.97.